The van der Waals surface area contributed by atoms with E-state index in [2.05, 4.69) is 15.9 Å². The highest BCUT2D eigenvalue weighted by atomic mass is 79.9. The summed E-state index contributed by atoms with van der Waals surface area (Å²) in [7, 11) is 0. The number of hydrogen-bond acceptors (Lipinski definition) is 0. The van der Waals surface area contributed by atoms with Crippen molar-refractivity contribution in [3.63, 3.8) is 0 Å². The number of benzene rings is 1. The molecule has 0 aliphatic rings. The lowest BCUT2D eigenvalue weighted by Crippen LogP contribution is -1.71. The molecule has 0 radical (unpaired) electrons. The van der Waals surface area contributed by atoms with Crippen molar-refractivity contribution in [2.24, 2.45) is 0 Å². The predicted molar refractivity (Wildman–Crippen MR) is 46.0 cm³/mol. The van der Waals surface area contributed by atoms with Gasteiger partial charge in [-0.3, -0.25) is 0 Å². The van der Waals surface area contributed by atoms with Crippen LogP contribution < -0.4 is 0 Å². The Hall–Kier alpha value is -0.370. The Morgan fingerprint density at radius 3 is 1.80 bits per heavy atom. The third-order valence-corrected chi connectivity index (χ3v) is 1.01. The molecule has 0 fully saturated rings. The first-order valence-electron chi connectivity index (χ1n) is 2.89. The van der Waals surface area contributed by atoms with Crippen LogP contribution in [0.15, 0.2) is 24.3 Å². The van der Waals surface area contributed by atoms with Crippen LogP contribution in [0, 0.1) is 12.7 Å². The Morgan fingerprint density at radius 1 is 1.10 bits per heavy atom. The number of aryl methyl sites for hydroxylation is 1. The Morgan fingerprint density at radius 2 is 1.50 bits per heavy atom. The van der Waals surface area contributed by atoms with E-state index in [0.29, 0.717) is 0 Å². The second-order valence-electron chi connectivity index (χ2n) is 1.80. The van der Waals surface area contributed by atoms with Crippen molar-refractivity contribution in [1.82, 2.24) is 0 Å². The second-order valence-corrected chi connectivity index (χ2v) is 1.80. The van der Waals surface area contributed by atoms with Gasteiger partial charge in [-0.2, -0.15) is 0 Å². The second kappa shape index (κ2) is 5.42. The maximum absolute atomic E-state index is 12.1. The summed E-state index contributed by atoms with van der Waals surface area (Å²) in [5, 5.41) is 0. The highest BCUT2D eigenvalue weighted by molar-refractivity contribution is 9.08. The van der Waals surface area contributed by atoms with Gasteiger partial charge in [0.1, 0.15) is 5.82 Å². The number of alkyl halides is 1. The lowest BCUT2D eigenvalue weighted by atomic mass is 10.2. The van der Waals surface area contributed by atoms with Gasteiger partial charge in [0.05, 0.1) is 0 Å². The average molecular weight is 205 g/mol. The molecule has 0 saturated heterocycles. The van der Waals surface area contributed by atoms with E-state index in [1.54, 1.807) is 12.1 Å². The first-order chi connectivity index (χ1) is 4.79. The van der Waals surface area contributed by atoms with Crippen LogP contribution in [0.1, 0.15) is 5.56 Å². The zero-order valence-electron chi connectivity index (χ0n) is 6.07. The average Bonchev–Trinajstić information content (AvgIpc) is 2.00. The summed E-state index contributed by atoms with van der Waals surface area (Å²) in [6, 6.07) is 6.40. The van der Waals surface area contributed by atoms with Gasteiger partial charge in [-0.1, -0.05) is 33.6 Å². The molecule has 0 unspecified atom stereocenters. The molecule has 0 saturated carbocycles. The van der Waals surface area contributed by atoms with Crippen molar-refractivity contribution in [3.8, 4) is 0 Å². The van der Waals surface area contributed by atoms with Crippen molar-refractivity contribution >= 4 is 15.9 Å². The van der Waals surface area contributed by atoms with Gasteiger partial charge in [0.2, 0.25) is 0 Å². The molecule has 0 aliphatic heterocycles. The van der Waals surface area contributed by atoms with Crippen molar-refractivity contribution < 1.29 is 4.39 Å². The lowest BCUT2D eigenvalue weighted by Gasteiger charge is -1.87. The molecule has 1 rings (SSSR count). The summed E-state index contributed by atoms with van der Waals surface area (Å²) in [5.41, 5.74) is 1.09. The highest BCUT2D eigenvalue weighted by Crippen LogP contribution is 1.98. The minimum Gasteiger partial charge on any atom is -0.207 e. The minimum absolute atomic E-state index is 0.171. The van der Waals surface area contributed by atoms with E-state index < -0.39 is 0 Å². The van der Waals surface area contributed by atoms with E-state index in [9.17, 15) is 4.39 Å². The highest BCUT2D eigenvalue weighted by Gasteiger charge is 1.83. The first-order valence-corrected chi connectivity index (χ1v) is 4.47. The van der Waals surface area contributed by atoms with E-state index in [1.165, 1.54) is 12.1 Å². The molecular weight excluding hydrogens is 195 g/mol. The van der Waals surface area contributed by atoms with Gasteiger partial charge in [-0.25, -0.2) is 4.39 Å². The Balaban J connectivity index is 0.000000371. The van der Waals surface area contributed by atoms with Gasteiger partial charge < -0.3 is 0 Å². The standard InChI is InChI=1S/C7H7F.CH3Br/c1-6-2-4-7(8)5-3-6;1-2/h2-5H,1H3;1H3. The molecule has 0 amide bonds. The molecule has 1 aromatic rings. The molecule has 0 spiro atoms. The van der Waals surface area contributed by atoms with Gasteiger partial charge >= 0.3 is 0 Å². The van der Waals surface area contributed by atoms with E-state index >= 15 is 0 Å². The summed E-state index contributed by atoms with van der Waals surface area (Å²) < 4.78 is 12.1. The number of hydrogen-bond donors (Lipinski definition) is 0. The van der Waals surface area contributed by atoms with Crippen LogP contribution in [-0.4, -0.2) is 5.83 Å². The SMILES string of the molecule is CBr.Cc1ccc(F)cc1. The molecule has 10 heavy (non-hydrogen) atoms. The van der Waals surface area contributed by atoms with Crippen LogP contribution in [0.3, 0.4) is 0 Å². The topological polar surface area (TPSA) is 0 Å². The van der Waals surface area contributed by atoms with E-state index in [4.69, 9.17) is 0 Å². The lowest BCUT2D eigenvalue weighted by molar-refractivity contribution is 0.627. The quantitative estimate of drug-likeness (QED) is 0.570. The van der Waals surface area contributed by atoms with Crippen molar-refractivity contribution in [2.75, 3.05) is 5.83 Å². The van der Waals surface area contributed by atoms with Gasteiger partial charge in [-0.15, -0.1) is 0 Å². The normalized spacial score (nSPS) is 8.00. The maximum Gasteiger partial charge on any atom is 0.123 e. The number of rotatable bonds is 0. The molecule has 1 aromatic carbocycles. The summed E-state index contributed by atoms with van der Waals surface area (Å²) in [6.07, 6.45) is 0. The fraction of sp³-hybridized carbons (Fsp3) is 0.250. The molecular formula is C8H10BrF. The smallest absolute Gasteiger partial charge is 0.123 e. The van der Waals surface area contributed by atoms with Crippen LogP contribution in [-0.2, 0) is 0 Å². The van der Waals surface area contributed by atoms with Gasteiger partial charge in [0, 0.05) is 0 Å². The zero-order chi connectivity index (χ0) is 7.98. The van der Waals surface area contributed by atoms with Crippen molar-refractivity contribution in [3.05, 3.63) is 35.6 Å². The molecule has 2 heteroatoms. The molecule has 0 atom stereocenters. The molecule has 56 valence electrons. The van der Waals surface area contributed by atoms with Gasteiger partial charge in [0.25, 0.3) is 0 Å². The molecule has 0 aliphatic carbocycles. The zero-order valence-corrected chi connectivity index (χ0v) is 7.65. The molecule has 0 N–H and O–H groups in total. The molecule has 0 heterocycles. The van der Waals surface area contributed by atoms with E-state index in [0.717, 1.165) is 5.56 Å². The Bertz CT molecular complexity index is 148. The predicted octanol–water partition coefficient (Wildman–Crippen LogP) is 3.15. The van der Waals surface area contributed by atoms with Gasteiger partial charge in [-0.05, 0) is 24.9 Å². The van der Waals surface area contributed by atoms with Crippen molar-refractivity contribution in [2.45, 2.75) is 6.92 Å². The fourth-order valence-corrected chi connectivity index (χ4v) is 0.533. The molecule has 0 aromatic heterocycles. The summed E-state index contributed by atoms with van der Waals surface area (Å²) >= 11 is 2.94. The summed E-state index contributed by atoms with van der Waals surface area (Å²) in [5.74, 6) is 1.64. The minimum atomic E-state index is -0.171. The molecule has 0 bridgehead atoms. The Labute approximate surface area is 69.2 Å². The Kier molecular flexibility index (Phi) is 5.22. The monoisotopic (exact) mass is 204 g/mol. The fourth-order valence-electron chi connectivity index (χ4n) is 0.533. The van der Waals surface area contributed by atoms with Crippen LogP contribution >= 0.6 is 15.9 Å². The third-order valence-electron chi connectivity index (χ3n) is 1.01. The summed E-state index contributed by atoms with van der Waals surface area (Å²) in [6.45, 7) is 1.93. The maximum atomic E-state index is 12.1. The van der Waals surface area contributed by atoms with E-state index in [1.807, 2.05) is 12.8 Å². The van der Waals surface area contributed by atoms with Crippen molar-refractivity contribution in [1.29, 1.82) is 0 Å². The van der Waals surface area contributed by atoms with Crippen LogP contribution in [0.2, 0.25) is 0 Å². The van der Waals surface area contributed by atoms with Crippen LogP contribution in [0.25, 0.3) is 0 Å². The first kappa shape index (κ1) is 9.63. The molecule has 0 nitrogen and oxygen atoms in total. The largest absolute Gasteiger partial charge is 0.207 e. The van der Waals surface area contributed by atoms with Gasteiger partial charge in [0.15, 0.2) is 0 Å². The summed E-state index contributed by atoms with van der Waals surface area (Å²) in [4.78, 5) is 0. The van der Waals surface area contributed by atoms with Crippen LogP contribution in [0.5, 0.6) is 0 Å². The third kappa shape index (κ3) is 3.62. The van der Waals surface area contributed by atoms with E-state index in [-0.39, 0.29) is 5.82 Å². The number of halogens is 2. The van der Waals surface area contributed by atoms with Crippen LogP contribution in [0.4, 0.5) is 4.39 Å².